The molecular weight excluding hydrogens is 258 g/mol. The minimum Gasteiger partial charge on any atom is -0.487 e. The van der Waals surface area contributed by atoms with Crippen molar-refractivity contribution >= 4 is 11.9 Å². The lowest BCUT2D eigenvalue weighted by Crippen LogP contribution is -2.64. The van der Waals surface area contributed by atoms with Crippen molar-refractivity contribution in [3.63, 3.8) is 0 Å². The molecular formula is C15H19NO4. The SMILES string of the molecule is CC(=O)NC1(C(=O)O)CCCCC1Oc1ccccc1. The Balaban J connectivity index is 2.26. The van der Waals surface area contributed by atoms with Crippen molar-refractivity contribution in [1.82, 2.24) is 5.32 Å². The second-order valence-corrected chi connectivity index (χ2v) is 5.12. The topological polar surface area (TPSA) is 75.6 Å². The van der Waals surface area contributed by atoms with Gasteiger partial charge in [0.1, 0.15) is 11.9 Å². The number of para-hydroxylation sites is 1. The smallest absolute Gasteiger partial charge is 0.333 e. The van der Waals surface area contributed by atoms with E-state index in [1.165, 1.54) is 6.92 Å². The first-order valence-electron chi connectivity index (χ1n) is 6.78. The minimum absolute atomic E-state index is 0.351. The third-order valence-electron chi connectivity index (χ3n) is 3.64. The van der Waals surface area contributed by atoms with E-state index in [0.717, 1.165) is 12.8 Å². The number of aliphatic carboxylic acids is 1. The number of hydrogen-bond donors (Lipinski definition) is 2. The van der Waals surface area contributed by atoms with Crippen LogP contribution in [0.15, 0.2) is 30.3 Å². The summed E-state index contributed by atoms with van der Waals surface area (Å²) in [6.07, 6.45) is 2.11. The number of nitrogens with one attached hydrogen (secondary N) is 1. The molecule has 20 heavy (non-hydrogen) atoms. The van der Waals surface area contributed by atoms with Gasteiger partial charge in [-0.1, -0.05) is 24.6 Å². The molecule has 0 bridgehead atoms. The van der Waals surface area contributed by atoms with Gasteiger partial charge in [-0.05, 0) is 31.4 Å². The van der Waals surface area contributed by atoms with Crippen LogP contribution in [0, 0.1) is 0 Å². The van der Waals surface area contributed by atoms with Gasteiger partial charge < -0.3 is 15.2 Å². The molecule has 2 atom stereocenters. The highest BCUT2D eigenvalue weighted by Crippen LogP contribution is 2.32. The van der Waals surface area contributed by atoms with Crippen LogP contribution in [-0.4, -0.2) is 28.6 Å². The van der Waals surface area contributed by atoms with Crippen LogP contribution in [0.5, 0.6) is 5.75 Å². The largest absolute Gasteiger partial charge is 0.487 e. The van der Waals surface area contributed by atoms with Crippen LogP contribution in [0.4, 0.5) is 0 Å². The molecule has 1 fully saturated rings. The number of rotatable bonds is 4. The van der Waals surface area contributed by atoms with Gasteiger partial charge in [-0.25, -0.2) is 4.79 Å². The van der Waals surface area contributed by atoms with Crippen molar-refractivity contribution in [3.05, 3.63) is 30.3 Å². The molecule has 0 aliphatic heterocycles. The van der Waals surface area contributed by atoms with Crippen LogP contribution in [0.2, 0.25) is 0 Å². The highest BCUT2D eigenvalue weighted by Gasteiger charge is 2.49. The maximum atomic E-state index is 11.7. The summed E-state index contributed by atoms with van der Waals surface area (Å²) in [5.41, 5.74) is -1.33. The molecule has 2 unspecified atom stereocenters. The first kappa shape index (κ1) is 14.4. The molecule has 1 aliphatic rings. The fraction of sp³-hybridized carbons (Fsp3) is 0.467. The lowest BCUT2D eigenvalue weighted by atomic mass is 9.78. The van der Waals surface area contributed by atoms with Gasteiger partial charge in [-0.2, -0.15) is 0 Å². The van der Waals surface area contributed by atoms with E-state index in [0.29, 0.717) is 18.6 Å². The molecule has 1 amide bonds. The van der Waals surface area contributed by atoms with Crippen molar-refractivity contribution in [2.24, 2.45) is 0 Å². The third kappa shape index (κ3) is 2.92. The first-order chi connectivity index (χ1) is 9.54. The van der Waals surface area contributed by atoms with Crippen LogP contribution >= 0.6 is 0 Å². The first-order valence-corrected chi connectivity index (χ1v) is 6.78. The zero-order chi connectivity index (χ0) is 14.6. The molecule has 1 aromatic rings. The summed E-state index contributed by atoms with van der Waals surface area (Å²) in [4.78, 5) is 23.1. The maximum absolute atomic E-state index is 11.7. The van der Waals surface area contributed by atoms with E-state index in [9.17, 15) is 14.7 Å². The Labute approximate surface area is 117 Å². The molecule has 0 aromatic heterocycles. The summed E-state index contributed by atoms with van der Waals surface area (Å²) in [6, 6.07) is 9.11. The van der Waals surface area contributed by atoms with Crippen LogP contribution < -0.4 is 10.1 Å². The summed E-state index contributed by atoms with van der Waals surface area (Å²) in [5.74, 6) is -0.764. The Hall–Kier alpha value is -2.04. The predicted octanol–water partition coefficient (Wildman–Crippen LogP) is 1.97. The molecule has 0 radical (unpaired) electrons. The summed E-state index contributed by atoms with van der Waals surface area (Å²) < 4.78 is 5.84. The van der Waals surface area contributed by atoms with E-state index in [1.807, 2.05) is 18.2 Å². The van der Waals surface area contributed by atoms with Crippen molar-refractivity contribution in [2.45, 2.75) is 44.2 Å². The Morgan fingerprint density at radius 2 is 2.00 bits per heavy atom. The molecule has 1 aliphatic carbocycles. The van der Waals surface area contributed by atoms with Crippen LogP contribution in [-0.2, 0) is 9.59 Å². The van der Waals surface area contributed by atoms with Crippen molar-refractivity contribution in [2.75, 3.05) is 0 Å². The number of carbonyl (C=O) groups excluding carboxylic acids is 1. The van der Waals surface area contributed by atoms with Crippen LogP contribution in [0.25, 0.3) is 0 Å². The molecule has 1 aromatic carbocycles. The second-order valence-electron chi connectivity index (χ2n) is 5.12. The molecule has 2 rings (SSSR count). The number of ether oxygens (including phenoxy) is 1. The number of carbonyl (C=O) groups is 2. The van der Waals surface area contributed by atoms with E-state index < -0.39 is 17.6 Å². The Kier molecular flexibility index (Phi) is 4.27. The minimum atomic E-state index is -1.33. The zero-order valence-electron chi connectivity index (χ0n) is 11.5. The standard InChI is InChI=1S/C15H19NO4/c1-11(17)16-15(14(18)19)10-6-5-9-13(15)20-12-7-3-2-4-8-12/h2-4,7-8,13H,5-6,9-10H2,1H3,(H,16,17)(H,18,19). The van der Waals surface area contributed by atoms with Gasteiger partial charge in [0, 0.05) is 6.92 Å². The van der Waals surface area contributed by atoms with Crippen LogP contribution in [0.3, 0.4) is 0 Å². The summed E-state index contributed by atoms with van der Waals surface area (Å²) in [5, 5.41) is 12.2. The number of benzene rings is 1. The molecule has 5 nitrogen and oxygen atoms in total. The number of carboxylic acids is 1. The molecule has 0 saturated heterocycles. The van der Waals surface area contributed by atoms with E-state index in [-0.39, 0.29) is 5.91 Å². The van der Waals surface area contributed by atoms with Gasteiger partial charge in [-0.15, -0.1) is 0 Å². The normalized spacial score (nSPS) is 25.8. The van der Waals surface area contributed by atoms with Crippen molar-refractivity contribution < 1.29 is 19.4 Å². The molecule has 0 heterocycles. The van der Waals surface area contributed by atoms with Gasteiger partial charge in [0.25, 0.3) is 0 Å². The molecule has 1 saturated carbocycles. The van der Waals surface area contributed by atoms with Crippen LogP contribution in [0.1, 0.15) is 32.6 Å². The molecule has 108 valence electrons. The maximum Gasteiger partial charge on any atom is 0.333 e. The fourth-order valence-electron chi connectivity index (χ4n) is 2.72. The zero-order valence-corrected chi connectivity index (χ0v) is 11.5. The van der Waals surface area contributed by atoms with E-state index in [1.54, 1.807) is 12.1 Å². The number of carboxylic acid groups (broad SMARTS) is 1. The quantitative estimate of drug-likeness (QED) is 0.882. The Bertz CT molecular complexity index is 488. The molecule has 5 heteroatoms. The van der Waals surface area contributed by atoms with E-state index in [4.69, 9.17) is 4.74 Å². The van der Waals surface area contributed by atoms with Crippen molar-refractivity contribution in [3.8, 4) is 5.75 Å². The van der Waals surface area contributed by atoms with Gasteiger partial charge in [0.05, 0.1) is 0 Å². The molecule has 2 N–H and O–H groups in total. The molecule has 0 spiro atoms. The summed E-state index contributed by atoms with van der Waals surface area (Å²) in [7, 11) is 0. The van der Waals surface area contributed by atoms with Gasteiger partial charge >= 0.3 is 5.97 Å². The second kappa shape index (κ2) is 5.94. The van der Waals surface area contributed by atoms with Gasteiger partial charge in [0.15, 0.2) is 5.54 Å². The number of amides is 1. The summed E-state index contributed by atoms with van der Waals surface area (Å²) >= 11 is 0. The average Bonchev–Trinajstić information content (AvgIpc) is 2.41. The van der Waals surface area contributed by atoms with Gasteiger partial charge in [0.2, 0.25) is 5.91 Å². The fourth-order valence-corrected chi connectivity index (χ4v) is 2.72. The van der Waals surface area contributed by atoms with E-state index in [2.05, 4.69) is 5.32 Å². The predicted molar refractivity (Wildman–Crippen MR) is 73.5 cm³/mol. The lowest BCUT2D eigenvalue weighted by molar-refractivity contribution is -0.154. The van der Waals surface area contributed by atoms with Crippen molar-refractivity contribution in [1.29, 1.82) is 0 Å². The third-order valence-corrected chi connectivity index (χ3v) is 3.64. The van der Waals surface area contributed by atoms with Gasteiger partial charge in [-0.3, -0.25) is 4.79 Å². The monoisotopic (exact) mass is 277 g/mol. The highest BCUT2D eigenvalue weighted by molar-refractivity contribution is 5.86. The lowest BCUT2D eigenvalue weighted by Gasteiger charge is -2.40. The highest BCUT2D eigenvalue weighted by atomic mass is 16.5. The Morgan fingerprint density at radius 3 is 2.60 bits per heavy atom. The summed E-state index contributed by atoms with van der Waals surface area (Å²) in [6.45, 7) is 1.33. The Morgan fingerprint density at radius 1 is 1.30 bits per heavy atom. The van der Waals surface area contributed by atoms with E-state index >= 15 is 0 Å². The average molecular weight is 277 g/mol. The number of hydrogen-bond acceptors (Lipinski definition) is 3.